The summed E-state index contributed by atoms with van der Waals surface area (Å²) in [6.07, 6.45) is 12.5. The highest BCUT2D eigenvalue weighted by atomic mass is 32.1. The Morgan fingerprint density at radius 3 is 2.66 bits per heavy atom. The predicted octanol–water partition coefficient (Wildman–Crippen LogP) is 5.98. The van der Waals surface area contributed by atoms with Crippen molar-refractivity contribution in [2.75, 3.05) is 6.54 Å². The van der Waals surface area contributed by atoms with Gasteiger partial charge in [0.15, 0.2) is 0 Å². The van der Waals surface area contributed by atoms with Gasteiger partial charge < -0.3 is 10.2 Å². The zero-order chi connectivity index (χ0) is 21.9. The quantitative estimate of drug-likeness (QED) is 0.553. The first-order valence-corrected chi connectivity index (χ1v) is 13.0. The molecule has 1 aliphatic heterocycles. The minimum Gasteiger partial charge on any atom is -0.355 e. The van der Waals surface area contributed by atoms with Crippen molar-refractivity contribution < 1.29 is 9.59 Å². The normalized spacial score (nSPS) is 23.7. The summed E-state index contributed by atoms with van der Waals surface area (Å²) in [7, 11) is 0. The Labute approximate surface area is 194 Å². The molecular formula is C27H32N2O2S. The number of fused-ring (bicyclic) bond motifs is 1. The van der Waals surface area contributed by atoms with Gasteiger partial charge in [-0.2, -0.15) is 0 Å². The van der Waals surface area contributed by atoms with E-state index >= 15 is 0 Å². The largest absolute Gasteiger partial charge is 0.355 e. The van der Waals surface area contributed by atoms with E-state index in [-0.39, 0.29) is 29.8 Å². The van der Waals surface area contributed by atoms with Crippen molar-refractivity contribution in [1.82, 2.24) is 10.2 Å². The van der Waals surface area contributed by atoms with E-state index in [1.54, 1.807) is 11.3 Å². The van der Waals surface area contributed by atoms with Gasteiger partial charge in [0.2, 0.25) is 5.91 Å². The van der Waals surface area contributed by atoms with Gasteiger partial charge in [0.25, 0.3) is 5.91 Å². The van der Waals surface area contributed by atoms with Crippen LogP contribution in [0.15, 0.2) is 53.4 Å². The molecular weight excluding hydrogens is 416 g/mol. The summed E-state index contributed by atoms with van der Waals surface area (Å²) in [6.45, 7) is 0.665. The third kappa shape index (κ3) is 4.15. The molecule has 0 saturated heterocycles. The Bertz CT molecular complexity index is 991. The van der Waals surface area contributed by atoms with Crippen molar-refractivity contribution in [2.45, 2.75) is 75.8 Å². The summed E-state index contributed by atoms with van der Waals surface area (Å²) in [5, 5.41) is 5.30. The number of hydrogen-bond acceptors (Lipinski definition) is 3. The second kappa shape index (κ2) is 9.62. The lowest BCUT2D eigenvalue weighted by atomic mass is 9.80. The van der Waals surface area contributed by atoms with Crippen LogP contribution < -0.4 is 5.32 Å². The van der Waals surface area contributed by atoms with E-state index in [9.17, 15) is 9.59 Å². The zero-order valence-electron chi connectivity index (χ0n) is 18.6. The van der Waals surface area contributed by atoms with Crippen LogP contribution in [-0.2, 0) is 4.79 Å². The van der Waals surface area contributed by atoms with Gasteiger partial charge in [-0.3, -0.25) is 9.59 Å². The number of nitrogens with one attached hydrogen (secondary N) is 1. The molecule has 2 unspecified atom stereocenters. The third-order valence-corrected chi connectivity index (χ3v) is 8.28. The first kappa shape index (κ1) is 21.4. The lowest BCUT2D eigenvalue weighted by molar-refractivity contribution is -0.124. The summed E-state index contributed by atoms with van der Waals surface area (Å²) in [5.74, 6) is -0.242. The maximum atomic E-state index is 13.7. The van der Waals surface area contributed by atoms with Crippen LogP contribution in [0.1, 0.15) is 90.5 Å². The third-order valence-electron chi connectivity index (χ3n) is 7.34. The number of amides is 2. The van der Waals surface area contributed by atoms with Crippen molar-refractivity contribution >= 4 is 23.2 Å². The van der Waals surface area contributed by atoms with Crippen LogP contribution in [0.5, 0.6) is 0 Å². The molecule has 32 heavy (non-hydrogen) atoms. The molecule has 2 aliphatic carbocycles. The summed E-state index contributed by atoms with van der Waals surface area (Å²) in [4.78, 5) is 30.6. The van der Waals surface area contributed by atoms with Crippen LogP contribution in [0.25, 0.3) is 0 Å². The number of benzene rings is 1. The fourth-order valence-electron chi connectivity index (χ4n) is 5.77. The van der Waals surface area contributed by atoms with Crippen molar-refractivity contribution in [3.05, 3.63) is 69.4 Å². The summed E-state index contributed by atoms with van der Waals surface area (Å²) < 4.78 is 0. The minimum atomic E-state index is -0.372. The van der Waals surface area contributed by atoms with Crippen LogP contribution in [0.3, 0.4) is 0 Å². The van der Waals surface area contributed by atoms with Gasteiger partial charge in [0.1, 0.15) is 0 Å². The summed E-state index contributed by atoms with van der Waals surface area (Å²) >= 11 is 1.65. The smallest absolute Gasteiger partial charge is 0.254 e. The molecule has 1 saturated carbocycles. The van der Waals surface area contributed by atoms with Gasteiger partial charge in [-0.15, -0.1) is 11.3 Å². The van der Waals surface area contributed by atoms with Crippen LogP contribution in [0.4, 0.5) is 0 Å². The molecule has 5 rings (SSSR count). The second-order valence-electron chi connectivity index (χ2n) is 9.33. The number of carbonyl (C=O) groups excluding carboxylic acids is 2. The van der Waals surface area contributed by atoms with Crippen molar-refractivity contribution in [1.29, 1.82) is 0 Å². The van der Waals surface area contributed by atoms with E-state index < -0.39 is 0 Å². The monoisotopic (exact) mass is 448 g/mol. The molecule has 168 valence electrons. The number of allylic oxidation sites excluding steroid dienone is 1. The van der Waals surface area contributed by atoms with Crippen LogP contribution >= 0.6 is 11.3 Å². The molecule has 0 spiro atoms. The van der Waals surface area contributed by atoms with E-state index in [4.69, 9.17) is 0 Å². The topological polar surface area (TPSA) is 49.4 Å². The van der Waals surface area contributed by atoms with E-state index in [0.717, 1.165) is 55.4 Å². The van der Waals surface area contributed by atoms with Gasteiger partial charge in [-0.1, -0.05) is 48.8 Å². The van der Waals surface area contributed by atoms with Gasteiger partial charge in [0, 0.05) is 23.0 Å². The van der Waals surface area contributed by atoms with Crippen molar-refractivity contribution in [2.24, 2.45) is 0 Å². The van der Waals surface area contributed by atoms with Crippen molar-refractivity contribution in [3.63, 3.8) is 0 Å². The highest BCUT2D eigenvalue weighted by molar-refractivity contribution is 7.10. The lowest BCUT2D eigenvalue weighted by Crippen LogP contribution is -2.50. The average molecular weight is 449 g/mol. The molecule has 0 bridgehead atoms. The van der Waals surface area contributed by atoms with Gasteiger partial charge >= 0.3 is 0 Å². The Morgan fingerprint density at radius 2 is 1.91 bits per heavy atom. The molecule has 2 atom stereocenters. The second-order valence-corrected chi connectivity index (χ2v) is 10.3. The van der Waals surface area contributed by atoms with Crippen molar-refractivity contribution in [3.8, 4) is 0 Å². The lowest BCUT2D eigenvalue weighted by Gasteiger charge is -2.44. The maximum Gasteiger partial charge on any atom is 0.254 e. The Balaban J connectivity index is 1.47. The van der Waals surface area contributed by atoms with E-state index in [0.29, 0.717) is 12.1 Å². The zero-order valence-corrected chi connectivity index (χ0v) is 19.4. The van der Waals surface area contributed by atoms with Gasteiger partial charge in [-0.05, 0) is 68.0 Å². The number of thiophene rings is 1. The predicted molar refractivity (Wildman–Crippen MR) is 129 cm³/mol. The van der Waals surface area contributed by atoms with E-state index in [2.05, 4.69) is 27.7 Å². The molecule has 1 aromatic carbocycles. The number of carbonyl (C=O) groups is 2. The average Bonchev–Trinajstić information content (AvgIpc) is 3.54. The minimum absolute atomic E-state index is 0.0442. The standard InChI is InChI=1S/C27H32N2O2S/c30-26(28-17-16-19-9-2-1-3-10-19)24-21-13-6-7-14-22(21)27(31)29(20-11-4-5-12-20)25(24)23-15-8-18-32-23/h6-9,13-15,18,20,24-25H,1-5,10-12,16-17H2,(H,28,30). The summed E-state index contributed by atoms with van der Waals surface area (Å²) in [6, 6.07) is 11.9. The first-order chi connectivity index (χ1) is 15.7. The Morgan fingerprint density at radius 1 is 1.06 bits per heavy atom. The molecule has 2 amide bonds. The van der Waals surface area contributed by atoms with Gasteiger partial charge in [-0.25, -0.2) is 0 Å². The fourth-order valence-corrected chi connectivity index (χ4v) is 6.63. The molecule has 1 aromatic heterocycles. The number of hydrogen-bond donors (Lipinski definition) is 1. The number of rotatable bonds is 6. The molecule has 4 nitrogen and oxygen atoms in total. The molecule has 1 fully saturated rings. The number of nitrogens with zero attached hydrogens (tertiary/aromatic N) is 1. The molecule has 0 radical (unpaired) electrons. The maximum absolute atomic E-state index is 13.7. The SMILES string of the molecule is O=C(NCCC1=CCCCC1)C1c2ccccc2C(=O)N(C2CCCC2)C1c1cccs1. The van der Waals surface area contributed by atoms with Gasteiger partial charge in [0.05, 0.1) is 12.0 Å². The highest BCUT2D eigenvalue weighted by Gasteiger charge is 2.47. The fraction of sp³-hybridized carbons (Fsp3) is 0.481. The Kier molecular flexibility index (Phi) is 6.44. The molecule has 5 heteroatoms. The Hall–Kier alpha value is -2.40. The van der Waals surface area contributed by atoms with Crippen LogP contribution in [-0.4, -0.2) is 29.3 Å². The first-order valence-electron chi connectivity index (χ1n) is 12.1. The van der Waals surface area contributed by atoms with E-state index in [1.807, 2.05) is 30.3 Å². The van der Waals surface area contributed by atoms with E-state index in [1.165, 1.54) is 18.4 Å². The molecule has 2 heterocycles. The molecule has 3 aliphatic rings. The van der Waals surface area contributed by atoms with Crippen LogP contribution in [0, 0.1) is 0 Å². The summed E-state index contributed by atoms with van der Waals surface area (Å²) in [5.41, 5.74) is 3.04. The highest BCUT2D eigenvalue weighted by Crippen LogP contribution is 2.47. The van der Waals surface area contributed by atoms with Crippen LogP contribution in [0.2, 0.25) is 0 Å². The molecule has 2 aromatic rings. The molecule has 1 N–H and O–H groups in total.